The second-order valence-electron chi connectivity index (χ2n) is 6.80. The lowest BCUT2D eigenvalue weighted by Gasteiger charge is -2.23. The number of carbonyl (C=O) groups excluding carboxylic acids is 1. The SMILES string of the molecule is Cc1c(N2C(=O)[C@H](C)S[C@H]2c2ccc(F)cc2)c(=O)n(-c2ccccc2)n1C. The van der Waals surface area contributed by atoms with Crippen LogP contribution in [0.4, 0.5) is 10.1 Å². The van der Waals surface area contributed by atoms with Crippen molar-refractivity contribution >= 4 is 23.4 Å². The van der Waals surface area contributed by atoms with Gasteiger partial charge in [-0.15, -0.1) is 11.8 Å². The summed E-state index contributed by atoms with van der Waals surface area (Å²) in [6, 6.07) is 15.4. The normalized spacial score (nSPS) is 19.4. The van der Waals surface area contributed by atoms with Crippen LogP contribution in [0.1, 0.15) is 23.6 Å². The topological polar surface area (TPSA) is 47.2 Å². The smallest absolute Gasteiger partial charge is 0.288 e. The number of benzene rings is 2. The molecule has 7 heteroatoms. The van der Waals surface area contributed by atoms with Gasteiger partial charge >= 0.3 is 0 Å². The van der Waals surface area contributed by atoms with Crippen molar-refractivity contribution < 1.29 is 9.18 Å². The van der Waals surface area contributed by atoms with E-state index < -0.39 is 0 Å². The second kappa shape index (κ2) is 6.98. The minimum Gasteiger partial charge on any atom is -0.288 e. The Morgan fingerprint density at radius 2 is 1.64 bits per heavy atom. The minimum atomic E-state index is -0.374. The Morgan fingerprint density at radius 3 is 2.29 bits per heavy atom. The number of para-hydroxylation sites is 1. The van der Waals surface area contributed by atoms with E-state index in [1.807, 2.05) is 44.2 Å². The van der Waals surface area contributed by atoms with E-state index in [1.54, 1.807) is 33.4 Å². The molecule has 0 aliphatic carbocycles. The van der Waals surface area contributed by atoms with Crippen LogP contribution in [0.3, 0.4) is 0 Å². The number of amides is 1. The second-order valence-corrected chi connectivity index (χ2v) is 8.23. The molecule has 1 saturated heterocycles. The summed E-state index contributed by atoms with van der Waals surface area (Å²) < 4.78 is 16.7. The summed E-state index contributed by atoms with van der Waals surface area (Å²) in [6.07, 6.45) is 0. The zero-order valence-electron chi connectivity index (χ0n) is 15.8. The summed E-state index contributed by atoms with van der Waals surface area (Å²) >= 11 is 1.46. The number of carbonyl (C=O) groups is 1. The fraction of sp³-hybridized carbons (Fsp3) is 0.238. The highest BCUT2D eigenvalue weighted by Crippen LogP contribution is 2.45. The molecule has 5 nitrogen and oxygen atoms in total. The molecule has 1 aliphatic rings. The Bertz CT molecular complexity index is 1090. The number of aromatic nitrogens is 2. The maximum atomic E-state index is 13.4. The summed E-state index contributed by atoms with van der Waals surface area (Å²) in [5.41, 5.74) is 2.33. The van der Waals surface area contributed by atoms with Gasteiger partial charge in [0.15, 0.2) is 0 Å². The van der Waals surface area contributed by atoms with Crippen LogP contribution in [0.2, 0.25) is 0 Å². The first-order chi connectivity index (χ1) is 13.4. The molecule has 3 aromatic rings. The quantitative estimate of drug-likeness (QED) is 0.676. The summed E-state index contributed by atoms with van der Waals surface area (Å²) in [5.74, 6) is -0.453. The van der Waals surface area contributed by atoms with Gasteiger partial charge in [-0.3, -0.25) is 19.2 Å². The number of thioether (sulfide) groups is 1. The highest BCUT2D eigenvalue weighted by Gasteiger charge is 2.42. The van der Waals surface area contributed by atoms with Crippen molar-refractivity contribution in [3.8, 4) is 5.69 Å². The van der Waals surface area contributed by atoms with E-state index in [9.17, 15) is 14.0 Å². The van der Waals surface area contributed by atoms with Crippen molar-refractivity contribution in [2.75, 3.05) is 4.90 Å². The summed E-state index contributed by atoms with van der Waals surface area (Å²) in [4.78, 5) is 27.9. The van der Waals surface area contributed by atoms with Crippen molar-refractivity contribution in [1.29, 1.82) is 0 Å². The molecule has 1 amide bonds. The van der Waals surface area contributed by atoms with Crippen molar-refractivity contribution in [3.63, 3.8) is 0 Å². The van der Waals surface area contributed by atoms with E-state index in [2.05, 4.69) is 0 Å². The lowest BCUT2D eigenvalue weighted by atomic mass is 10.2. The van der Waals surface area contributed by atoms with E-state index in [1.165, 1.54) is 23.9 Å². The molecule has 2 atom stereocenters. The van der Waals surface area contributed by atoms with Gasteiger partial charge < -0.3 is 0 Å². The highest BCUT2D eigenvalue weighted by atomic mass is 32.2. The molecule has 2 aromatic carbocycles. The van der Waals surface area contributed by atoms with Crippen molar-refractivity contribution in [2.24, 2.45) is 7.05 Å². The average molecular weight is 397 g/mol. The van der Waals surface area contributed by atoms with E-state index >= 15 is 0 Å². The van der Waals surface area contributed by atoms with Crippen LogP contribution in [0.25, 0.3) is 5.69 Å². The van der Waals surface area contributed by atoms with E-state index in [4.69, 9.17) is 0 Å². The lowest BCUT2D eigenvalue weighted by Crippen LogP contribution is -2.34. The molecule has 1 fully saturated rings. The molecule has 0 spiro atoms. The van der Waals surface area contributed by atoms with Crippen LogP contribution in [0.5, 0.6) is 0 Å². The molecule has 0 unspecified atom stereocenters. The van der Waals surface area contributed by atoms with Crippen LogP contribution in [-0.2, 0) is 11.8 Å². The maximum absolute atomic E-state index is 13.4. The van der Waals surface area contributed by atoms with Crippen LogP contribution in [-0.4, -0.2) is 20.5 Å². The standard InChI is InChI=1S/C21H20FN3O2S/c1-13-18(20(27)25(23(13)3)17-7-5-4-6-8-17)24-19(26)14(2)28-21(24)15-9-11-16(22)12-10-15/h4-12,14,21H,1-3H3/t14-,21-/m0/s1. The number of anilines is 1. The van der Waals surface area contributed by atoms with Gasteiger partial charge in [-0.25, -0.2) is 9.07 Å². The molecule has 144 valence electrons. The van der Waals surface area contributed by atoms with Gasteiger partial charge in [0.25, 0.3) is 5.56 Å². The first kappa shape index (κ1) is 18.6. The number of hydrogen-bond donors (Lipinski definition) is 0. The Hall–Kier alpha value is -2.80. The Kier molecular flexibility index (Phi) is 4.63. The fourth-order valence-corrected chi connectivity index (χ4v) is 4.80. The van der Waals surface area contributed by atoms with Crippen LogP contribution in [0.15, 0.2) is 59.4 Å². The third-order valence-corrected chi connectivity index (χ3v) is 6.42. The molecule has 0 radical (unpaired) electrons. The predicted molar refractivity (Wildman–Crippen MR) is 109 cm³/mol. The van der Waals surface area contributed by atoms with Gasteiger partial charge in [0.2, 0.25) is 5.91 Å². The van der Waals surface area contributed by atoms with Gasteiger partial charge in [-0.05, 0) is 43.7 Å². The first-order valence-corrected chi connectivity index (χ1v) is 9.92. The van der Waals surface area contributed by atoms with Gasteiger partial charge in [0, 0.05) is 7.05 Å². The molecular weight excluding hydrogens is 377 g/mol. The van der Waals surface area contributed by atoms with Gasteiger partial charge in [-0.1, -0.05) is 30.3 Å². The number of halogens is 1. The molecule has 0 bridgehead atoms. The molecule has 1 aliphatic heterocycles. The fourth-order valence-electron chi connectivity index (χ4n) is 3.54. The van der Waals surface area contributed by atoms with E-state index in [0.717, 1.165) is 11.3 Å². The number of rotatable bonds is 3. The summed E-state index contributed by atoms with van der Waals surface area (Å²) in [7, 11) is 1.80. The van der Waals surface area contributed by atoms with Gasteiger partial charge in [0.05, 0.1) is 16.6 Å². The highest BCUT2D eigenvalue weighted by molar-refractivity contribution is 8.01. The average Bonchev–Trinajstić information content (AvgIpc) is 3.09. The van der Waals surface area contributed by atoms with Crippen LogP contribution >= 0.6 is 11.8 Å². The number of nitrogens with zero attached hydrogens (tertiary/aromatic N) is 3. The largest absolute Gasteiger partial charge is 0.295 e. The molecule has 4 rings (SSSR count). The predicted octanol–water partition coefficient (Wildman–Crippen LogP) is 3.79. The minimum absolute atomic E-state index is 0.120. The van der Waals surface area contributed by atoms with E-state index in [-0.39, 0.29) is 27.9 Å². The number of hydrogen-bond acceptors (Lipinski definition) is 3. The lowest BCUT2D eigenvalue weighted by molar-refractivity contribution is -0.117. The van der Waals surface area contributed by atoms with Crippen molar-refractivity contribution in [3.05, 3.63) is 82.0 Å². The summed E-state index contributed by atoms with van der Waals surface area (Å²) in [6.45, 7) is 3.66. The molecule has 2 heterocycles. The molecule has 1 aromatic heterocycles. The zero-order valence-corrected chi connectivity index (χ0v) is 16.6. The molecule has 0 saturated carbocycles. The van der Waals surface area contributed by atoms with Crippen LogP contribution in [0, 0.1) is 12.7 Å². The van der Waals surface area contributed by atoms with Gasteiger partial charge in [-0.2, -0.15) is 0 Å². The van der Waals surface area contributed by atoms with Crippen molar-refractivity contribution in [1.82, 2.24) is 9.36 Å². The Balaban J connectivity index is 1.88. The van der Waals surface area contributed by atoms with Gasteiger partial charge in [0.1, 0.15) is 16.9 Å². The van der Waals surface area contributed by atoms with E-state index in [0.29, 0.717) is 11.4 Å². The molecule has 28 heavy (non-hydrogen) atoms. The van der Waals surface area contributed by atoms with Crippen molar-refractivity contribution in [2.45, 2.75) is 24.5 Å². The zero-order chi connectivity index (χ0) is 20.0. The first-order valence-electron chi connectivity index (χ1n) is 8.98. The molecule has 0 N–H and O–H groups in total. The van der Waals surface area contributed by atoms with Crippen LogP contribution < -0.4 is 10.5 Å². The maximum Gasteiger partial charge on any atom is 0.295 e. The molecular formula is C21H20FN3O2S. The third-order valence-electron chi connectivity index (χ3n) is 5.07. The monoisotopic (exact) mass is 397 g/mol. The summed E-state index contributed by atoms with van der Waals surface area (Å²) in [5, 5.41) is -0.666. The Morgan fingerprint density at radius 1 is 1.00 bits per heavy atom. The third kappa shape index (κ3) is 2.86. The Labute approximate surface area is 166 Å².